The molecule has 7 heteroatoms. The summed E-state index contributed by atoms with van der Waals surface area (Å²) >= 11 is 0. The normalized spacial score (nSPS) is 22.1. The number of nitrogens with one attached hydrogen (secondary N) is 2. The second-order valence-electron chi connectivity index (χ2n) is 5.42. The van der Waals surface area contributed by atoms with Crippen LogP contribution in [-0.4, -0.2) is 31.7 Å². The molecule has 2 N–H and O–H groups in total. The van der Waals surface area contributed by atoms with E-state index in [0.717, 1.165) is 12.8 Å². The van der Waals surface area contributed by atoms with Crippen molar-refractivity contribution in [2.75, 3.05) is 6.61 Å². The first-order chi connectivity index (χ1) is 9.92. The van der Waals surface area contributed by atoms with Crippen molar-refractivity contribution in [3.05, 3.63) is 28.7 Å². The summed E-state index contributed by atoms with van der Waals surface area (Å²) in [6.45, 7) is 4.62. The predicted octanol–water partition coefficient (Wildman–Crippen LogP) is 1.39. The molecule has 0 saturated carbocycles. The largest absolute Gasteiger partial charge is 0.375 e. The van der Waals surface area contributed by atoms with Crippen LogP contribution in [0.5, 0.6) is 0 Å². The maximum absolute atomic E-state index is 12.3. The fourth-order valence-electron chi connectivity index (χ4n) is 2.76. The van der Waals surface area contributed by atoms with Gasteiger partial charge in [0.15, 0.2) is 0 Å². The predicted molar refractivity (Wildman–Crippen MR) is 79.7 cm³/mol. The molecule has 6 nitrogen and oxygen atoms in total. The Morgan fingerprint density at radius 2 is 2.14 bits per heavy atom. The van der Waals surface area contributed by atoms with Crippen molar-refractivity contribution in [3.63, 3.8) is 0 Å². The number of hydrogen-bond donors (Lipinski definition) is 2. The smallest absolute Gasteiger partial charge is 0.246 e. The number of sulfonamides is 1. The lowest BCUT2D eigenvalue weighted by atomic mass is 9.86. The van der Waals surface area contributed by atoms with E-state index in [1.165, 1.54) is 18.5 Å². The van der Waals surface area contributed by atoms with E-state index in [2.05, 4.69) is 9.71 Å². The van der Waals surface area contributed by atoms with Crippen LogP contribution in [0.4, 0.5) is 0 Å². The van der Waals surface area contributed by atoms with Crippen molar-refractivity contribution in [1.82, 2.24) is 9.71 Å². The molecule has 1 unspecified atom stereocenters. The molecule has 1 atom stereocenters. The van der Waals surface area contributed by atoms with E-state index in [1.807, 2.05) is 13.8 Å². The Balaban J connectivity index is 2.18. The van der Waals surface area contributed by atoms with Crippen molar-refractivity contribution < 1.29 is 13.2 Å². The summed E-state index contributed by atoms with van der Waals surface area (Å²) in [6.07, 6.45) is 5.56. The summed E-state index contributed by atoms with van der Waals surface area (Å²) in [5, 5.41) is 0. The molecule has 21 heavy (non-hydrogen) atoms. The van der Waals surface area contributed by atoms with Gasteiger partial charge in [0.05, 0.1) is 5.60 Å². The van der Waals surface area contributed by atoms with Gasteiger partial charge in [-0.25, -0.2) is 13.1 Å². The van der Waals surface area contributed by atoms with Gasteiger partial charge in [-0.1, -0.05) is 13.8 Å². The fourth-order valence-corrected chi connectivity index (χ4v) is 4.09. The second kappa shape index (κ2) is 6.29. The zero-order valence-corrected chi connectivity index (χ0v) is 13.2. The average Bonchev–Trinajstić information content (AvgIpc) is 2.47. The highest BCUT2D eigenvalue weighted by Gasteiger charge is 2.36. The Morgan fingerprint density at radius 3 is 2.76 bits per heavy atom. The summed E-state index contributed by atoms with van der Waals surface area (Å²) in [6, 6.07) is 1.00. The summed E-state index contributed by atoms with van der Waals surface area (Å²) in [7, 11) is -3.81. The molecule has 2 heterocycles. The molecule has 1 aromatic rings. The molecule has 1 aliphatic heterocycles. The molecule has 0 spiro atoms. The van der Waals surface area contributed by atoms with Gasteiger partial charge in [-0.2, -0.15) is 0 Å². The molecular formula is C14H22N2O4S. The highest BCUT2D eigenvalue weighted by molar-refractivity contribution is 7.89. The minimum atomic E-state index is -3.81. The molecule has 1 fully saturated rings. The number of H-pyrrole nitrogens is 1. The summed E-state index contributed by atoms with van der Waals surface area (Å²) in [4.78, 5) is 14.1. The third kappa shape index (κ3) is 3.53. The van der Waals surface area contributed by atoms with Gasteiger partial charge in [0.25, 0.3) is 0 Å². The van der Waals surface area contributed by atoms with E-state index in [9.17, 15) is 13.2 Å². The summed E-state index contributed by atoms with van der Waals surface area (Å²) < 4.78 is 33.2. The molecule has 0 aromatic carbocycles. The van der Waals surface area contributed by atoms with Gasteiger partial charge >= 0.3 is 0 Å². The van der Waals surface area contributed by atoms with E-state index in [-0.39, 0.29) is 16.5 Å². The minimum absolute atomic E-state index is 0.205. The molecule has 0 radical (unpaired) electrons. The zero-order chi connectivity index (χ0) is 15.5. The number of rotatable bonds is 5. The summed E-state index contributed by atoms with van der Waals surface area (Å²) in [5.74, 6) is 0. The second-order valence-corrected chi connectivity index (χ2v) is 7.10. The molecule has 0 amide bonds. The first kappa shape index (κ1) is 16.2. The minimum Gasteiger partial charge on any atom is -0.375 e. The van der Waals surface area contributed by atoms with Crippen molar-refractivity contribution in [2.45, 2.75) is 56.1 Å². The van der Waals surface area contributed by atoms with Crippen LogP contribution < -0.4 is 10.2 Å². The van der Waals surface area contributed by atoms with Crippen molar-refractivity contribution >= 4 is 10.0 Å². The van der Waals surface area contributed by atoms with E-state index in [0.29, 0.717) is 19.4 Å². The first-order valence-electron chi connectivity index (χ1n) is 7.26. The lowest BCUT2D eigenvalue weighted by Crippen LogP contribution is -2.48. The number of ether oxygens (including phenoxy) is 1. The number of hydrogen-bond acceptors (Lipinski definition) is 4. The molecular weight excluding hydrogens is 292 g/mol. The van der Waals surface area contributed by atoms with Gasteiger partial charge in [0, 0.05) is 31.1 Å². The van der Waals surface area contributed by atoms with Crippen molar-refractivity contribution in [3.8, 4) is 0 Å². The van der Waals surface area contributed by atoms with E-state index in [4.69, 9.17) is 4.74 Å². The van der Waals surface area contributed by atoms with Gasteiger partial charge in [0.2, 0.25) is 15.5 Å². The average molecular weight is 314 g/mol. The Kier molecular flexibility index (Phi) is 4.85. The Bertz CT molecular complexity index is 634. The molecule has 2 rings (SSSR count). The first-order valence-corrected chi connectivity index (χ1v) is 8.74. The topological polar surface area (TPSA) is 88.3 Å². The van der Waals surface area contributed by atoms with E-state index >= 15 is 0 Å². The number of aromatic nitrogens is 1. The van der Waals surface area contributed by atoms with Crippen molar-refractivity contribution in [1.29, 1.82) is 0 Å². The third-order valence-electron chi connectivity index (χ3n) is 4.18. The van der Waals surface area contributed by atoms with Crippen LogP contribution in [0, 0.1) is 0 Å². The highest BCUT2D eigenvalue weighted by Crippen LogP contribution is 2.31. The van der Waals surface area contributed by atoms with Gasteiger partial charge in [0.1, 0.15) is 4.90 Å². The van der Waals surface area contributed by atoms with Crippen LogP contribution in [0.2, 0.25) is 0 Å². The van der Waals surface area contributed by atoms with E-state index < -0.39 is 15.5 Å². The van der Waals surface area contributed by atoms with Crippen LogP contribution in [0.1, 0.15) is 39.5 Å². The lowest BCUT2D eigenvalue weighted by Gasteiger charge is -2.40. The van der Waals surface area contributed by atoms with Gasteiger partial charge < -0.3 is 9.72 Å². The van der Waals surface area contributed by atoms with E-state index in [1.54, 1.807) is 0 Å². The van der Waals surface area contributed by atoms with Gasteiger partial charge in [-0.05, 0) is 25.7 Å². The Labute approximate surface area is 125 Å². The van der Waals surface area contributed by atoms with Crippen LogP contribution in [0.25, 0.3) is 0 Å². The SMILES string of the molecule is CCC1(CC)CC(NS(=O)(=O)c2c[nH]ccc2=O)CCO1. The Hall–Kier alpha value is -1.18. The maximum Gasteiger partial charge on any atom is 0.246 e. The molecule has 1 saturated heterocycles. The summed E-state index contributed by atoms with van der Waals surface area (Å²) in [5.41, 5.74) is -0.778. The maximum atomic E-state index is 12.3. The standard InChI is InChI=1S/C14H22N2O4S/c1-3-14(4-2)9-11(6-8-20-14)16-21(18,19)13-10-15-7-5-12(13)17/h5,7,10-11,16H,3-4,6,8-9H2,1-2H3,(H,15,17). The Morgan fingerprint density at radius 1 is 1.43 bits per heavy atom. The zero-order valence-electron chi connectivity index (χ0n) is 12.4. The third-order valence-corrected chi connectivity index (χ3v) is 5.72. The molecule has 0 aliphatic carbocycles. The van der Waals surface area contributed by atoms with Crippen LogP contribution >= 0.6 is 0 Å². The van der Waals surface area contributed by atoms with Crippen LogP contribution in [0.15, 0.2) is 28.2 Å². The monoisotopic (exact) mass is 314 g/mol. The van der Waals surface area contributed by atoms with Gasteiger partial charge in [-0.15, -0.1) is 0 Å². The van der Waals surface area contributed by atoms with Crippen molar-refractivity contribution in [2.24, 2.45) is 0 Å². The van der Waals surface area contributed by atoms with Crippen LogP contribution in [-0.2, 0) is 14.8 Å². The van der Waals surface area contributed by atoms with Gasteiger partial charge in [-0.3, -0.25) is 4.79 Å². The fraction of sp³-hybridized carbons (Fsp3) is 0.643. The number of aromatic amines is 1. The highest BCUT2D eigenvalue weighted by atomic mass is 32.2. The molecule has 118 valence electrons. The lowest BCUT2D eigenvalue weighted by molar-refractivity contribution is -0.0905. The quantitative estimate of drug-likeness (QED) is 0.859. The number of pyridine rings is 1. The molecule has 0 bridgehead atoms. The molecule has 1 aromatic heterocycles. The molecule has 1 aliphatic rings. The van der Waals surface area contributed by atoms with Crippen LogP contribution in [0.3, 0.4) is 0 Å².